The van der Waals surface area contributed by atoms with Crippen LogP contribution in [-0.2, 0) is 0 Å². The van der Waals surface area contributed by atoms with Gasteiger partial charge in [-0.3, -0.25) is 9.78 Å². The summed E-state index contributed by atoms with van der Waals surface area (Å²) in [6, 6.07) is 11.5. The largest absolute Gasteiger partial charge is 0.491 e. The van der Waals surface area contributed by atoms with E-state index in [1.165, 1.54) is 18.2 Å². The number of hydrogen-bond acceptors (Lipinski definition) is 4. The number of halogens is 1. The highest BCUT2D eigenvalue weighted by Crippen LogP contribution is 2.32. The Morgan fingerprint density at radius 2 is 2.07 bits per heavy atom. The first kappa shape index (κ1) is 18.9. The van der Waals surface area contributed by atoms with Gasteiger partial charge in [-0.1, -0.05) is 13.3 Å². The number of hydrogen-bond donors (Lipinski definition) is 1. The second-order valence-electron chi connectivity index (χ2n) is 6.86. The number of nitrogens with one attached hydrogen (secondary N) is 1. The molecule has 5 nitrogen and oxygen atoms in total. The van der Waals surface area contributed by atoms with Crippen LogP contribution in [0.1, 0.15) is 35.9 Å². The summed E-state index contributed by atoms with van der Waals surface area (Å²) in [5.74, 6) is 0.0707. The molecule has 29 heavy (non-hydrogen) atoms. The van der Waals surface area contributed by atoms with Crippen LogP contribution in [0.3, 0.4) is 0 Å². The summed E-state index contributed by atoms with van der Waals surface area (Å²) in [5.41, 5.74) is 2.36. The molecule has 6 heteroatoms. The van der Waals surface area contributed by atoms with Gasteiger partial charge in [0, 0.05) is 22.5 Å². The molecular formula is C23H21FN2O3. The summed E-state index contributed by atoms with van der Waals surface area (Å²) < 4.78 is 25.1. The standard InChI is InChI=1S/C23H21FN2O3/c1-3-4-12-28-20-10-8-18(16-6-5-11-25-21(16)20)26-23(27)22-14(2)17-13-15(24)7-9-19(17)29-22/h5-11,13H,3-4,12H2,1-2H3,(H,26,27). The lowest BCUT2D eigenvalue weighted by Gasteiger charge is -2.12. The summed E-state index contributed by atoms with van der Waals surface area (Å²) in [4.78, 5) is 17.3. The van der Waals surface area contributed by atoms with Crippen LogP contribution in [0.25, 0.3) is 21.9 Å². The van der Waals surface area contributed by atoms with E-state index < -0.39 is 5.91 Å². The third-order valence-corrected chi connectivity index (χ3v) is 4.84. The maximum absolute atomic E-state index is 13.5. The van der Waals surface area contributed by atoms with Crippen LogP contribution in [0, 0.1) is 12.7 Å². The van der Waals surface area contributed by atoms with Gasteiger partial charge in [0.25, 0.3) is 5.91 Å². The van der Waals surface area contributed by atoms with Crippen LogP contribution in [0.4, 0.5) is 10.1 Å². The van der Waals surface area contributed by atoms with Gasteiger partial charge in [-0.15, -0.1) is 0 Å². The number of amides is 1. The Hall–Kier alpha value is -3.41. The summed E-state index contributed by atoms with van der Waals surface area (Å²) in [5, 5.41) is 4.25. The predicted molar refractivity (Wildman–Crippen MR) is 111 cm³/mol. The quantitative estimate of drug-likeness (QED) is 0.418. The molecule has 0 aliphatic rings. The molecule has 2 heterocycles. The van der Waals surface area contributed by atoms with Gasteiger partial charge in [-0.2, -0.15) is 0 Å². The monoisotopic (exact) mass is 392 g/mol. The second-order valence-corrected chi connectivity index (χ2v) is 6.86. The van der Waals surface area contributed by atoms with Crippen LogP contribution in [0.15, 0.2) is 53.1 Å². The van der Waals surface area contributed by atoms with Crippen molar-refractivity contribution < 1.29 is 18.3 Å². The molecular weight excluding hydrogens is 371 g/mol. The number of fused-ring (bicyclic) bond motifs is 2. The molecule has 0 aliphatic carbocycles. The molecule has 1 amide bonds. The molecule has 0 bridgehead atoms. The topological polar surface area (TPSA) is 64.4 Å². The zero-order chi connectivity index (χ0) is 20.4. The maximum atomic E-state index is 13.5. The van der Waals surface area contributed by atoms with Gasteiger partial charge < -0.3 is 14.5 Å². The Morgan fingerprint density at radius 1 is 1.21 bits per heavy atom. The Bertz CT molecular complexity index is 1200. The van der Waals surface area contributed by atoms with Gasteiger partial charge in [-0.25, -0.2) is 4.39 Å². The van der Waals surface area contributed by atoms with Crippen molar-refractivity contribution in [2.75, 3.05) is 11.9 Å². The van der Waals surface area contributed by atoms with Crippen molar-refractivity contribution in [2.24, 2.45) is 0 Å². The van der Waals surface area contributed by atoms with Gasteiger partial charge in [0.15, 0.2) is 5.76 Å². The first-order chi connectivity index (χ1) is 14.1. The van der Waals surface area contributed by atoms with E-state index in [4.69, 9.17) is 9.15 Å². The lowest BCUT2D eigenvalue weighted by atomic mass is 10.1. The minimum Gasteiger partial charge on any atom is -0.491 e. The molecule has 148 valence electrons. The number of pyridine rings is 1. The van der Waals surface area contributed by atoms with E-state index in [2.05, 4.69) is 17.2 Å². The molecule has 0 saturated carbocycles. The zero-order valence-electron chi connectivity index (χ0n) is 16.3. The maximum Gasteiger partial charge on any atom is 0.291 e. The Balaban J connectivity index is 1.67. The Morgan fingerprint density at radius 3 is 2.90 bits per heavy atom. The number of aromatic nitrogens is 1. The molecule has 0 unspecified atom stereocenters. The molecule has 0 spiro atoms. The van der Waals surface area contributed by atoms with Crippen LogP contribution >= 0.6 is 0 Å². The molecule has 0 saturated heterocycles. The average molecular weight is 392 g/mol. The lowest BCUT2D eigenvalue weighted by molar-refractivity contribution is 0.0998. The molecule has 4 rings (SSSR count). The number of aryl methyl sites for hydroxylation is 1. The third-order valence-electron chi connectivity index (χ3n) is 4.84. The van der Waals surface area contributed by atoms with Crippen molar-refractivity contribution in [2.45, 2.75) is 26.7 Å². The Labute approximate surface area is 167 Å². The van der Waals surface area contributed by atoms with Crippen molar-refractivity contribution in [1.29, 1.82) is 0 Å². The SMILES string of the molecule is CCCCOc1ccc(NC(=O)c2oc3ccc(F)cc3c2C)c2cccnc12. The summed E-state index contributed by atoms with van der Waals surface area (Å²) >= 11 is 0. The lowest BCUT2D eigenvalue weighted by Crippen LogP contribution is -2.12. The fourth-order valence-electron chi connectivity index (χ4n) is 3.29. The molecule has 2 aromatic heterocycles. The fraction of sp³-hybridized carbons (Fsp3) is 0.217. The Kier molecular flexibility index (Phi) is 5.16. The van der Waals surface area contributed by atoms with E-state index >= 15 is 0 Å². The zero-order valence-corrected chi connectivity index (χ0v) is 16.3. The van der Waals surface area contributed by atoms with E-state index in [-0.39, 0.29) is 11.6 Å². The van der Waals surface area contributed by atoms with Gasteiger partial charge >= 0.3 is 0 Å². The van der Waals surface area contributed by atoms with Crippen LogP contribution < -0.4 is 10.1 Å². The van der Waals surface area contributed by atoms with Crippen molar-refractivity contribution >= 4 is 33.5 Å². The van der Waals surface area contributed by atoms with E-state index in [1.807, 2.05) is 18.2 Å². The molecule has 0 fully saturated rings. The third kappa shape index (κ3) is 3.66. The number of anilines is 1. The van der Waals surface area contributed by atoms with Gasteiger partial charge in [0.1, 0.15) is 22.7 Å². The molecule has 4 aromatic rings. The second kappa shape index (κ2) is 7.91. The first-order valence-corrected chi connectivity index (χ1v) is 9.59. The van der Waals surface area contributed by atoms with Crippen LogP contribution in [0.5, 0.6) is 5.75 Å². The van der Waals surface area contributed by atoms with Crippen molar-refractivity contribution in [3.8, 4) is 5.75 Å². The van der Waals surface area contributed by atoms with Crippen LogP contribution in [0.2, 0.25) is 0 Å². The van der Waals surface area contributed by atoms with Crippen LogP contribution in [-0.4, -0.2) is 17.5 Å². The van der Waals surface area contributed by atoms with E-state index in [0.717, 1.165) is 18.2 Å². The molecule has 1 N–H and O–H groups in total. The van der Waals surface area contributed by atoms with E-state index in [1.54, 1.807) is 19.2 Å². The minimum absolute atomic E-state index is 0.158. The number of carbonyl (C=O) groups is 1. The van der Waals surface area contributed by atoms with Crippen molar-refractivity contribution in [3.05, 3.63) is 65.8 Å². The van der Waals surface area contributed by atoms with Gasteiger partial charge in [0.05, 0.1) is 12.3 Å². The fourth-order valence-corrected chi connectivity index (χ4v) is 3.29. The molecule has 0 atom stereocenters. The molecule has 2 aromatic carbocycles. The number of rotatable bonds is 6. The minimum atomic E-state index is -0.399. The smallest absolute Gasteiger partial charge is 0.291 e. The number of nitrogens with zero attached hydrogens (tertiary/aromatic N) is 1. The number of ether oxygens (including phenoxy) is 1. The number of benzene rings is 2. The summed E-state index contributed by atoms with van der Waals surface area (Å²) in [6.45, 7) is 4.46. The number of furan rings is 1. The highest BCUT2D eigenvalue weighted by molar-refractivity contribution is 6.10. The highest BCUT2D eigenvalue weighted by atomic mass is 19.1. The summed E-state index contributed by atoms with van der Waals surface area (Å²) in [6.07, 6.45) is 3.69. The number of unbranched alkanes of at least 4 members (excludes halogenated alkanes) is 1. The first-order valence-electron chi connectivity index (χ1n) is 9.59. The van der Waals surface area contributed by atoms with Gasteiger partial charge in [-0.05, 0) is 55.8 Å². The predicted octanol–water partition coefficient (Wildman–Crippen LogP) is 5.86. The average Bonchev–Trinajstić information content (AvgIpc) is 3.06. The normalized spacial score (nSPS) is 11.1. The highest BCUT2D eigenvalue weighted by Gasteiger charge is 2.19. The number of carbonyl (C=O) groups excluding carboxylic acids is 1. The molecule has 0 radical (unpaired) electrons. The van der Waals surface area contributed by atoms with Crippen molar-refractivity contribution in [1.82, 2.24) is 4.98 Å². The van der Waals surface area contributed by atoms with E-state index in [9.17, 15) is 9.18 Å². The van der Waals surface area contributed by atoms with E-state index in [0.29, 0.717) is 40.1 Å². The molecule has 0 aliphatic heterocycles. The van der Waals surface area contributed by atoms with Gasteiger partial charge in [0.2, 0.25) is 0 Å². The summed E-state index contributed by atoms with van der Waals surface area (Å²) in [7, 11) is 0. The van der Waals surface area contributed by atoms with Crippen molar-refractivity contribution in [3.63, 3.8) is 0 Å².